The molecule has 19 heavy (non-hydrogen) atoms. The molecule has 0 bridgehead atoms. The van der Waals surface area contributed by atoms with Gasteiger partial charge in [-0.1, -0.05) is 0 Å². The number of hydrogen-bond acceptors (Lipinski definition) is 6. The molecule has 0 aliphatic heterocycles. The lowest BCUT2D eigenvalue weighted by molar-refractivity contribution is 0.401. The summed E-state index contributed by atoms with van der Waals surface area (Å²) in [6.07, 6.45) is 5.07. The number of aromatic nitrogens is 6. The Morgan fingerprint density at radius 1 is 1.32 bits per heavy atom. The monoisotopic (exact) mass is 259 g/mol. The van der Waals surface area contributed by atoms with Crippen LogP contribution in [0.4, 0.5) is 5.95 Å². The summed E-state index contributed by atoms with van der Waals surface area (Å²) in [5.41, 5.74) is 7.15. The highest BCUT2D eigenvalue weighted by atomic mass is 16.5. The van der Waals surface area contributed by atoms with Crippen molar-refractivity contribution < 1.29 is 4.74 Å². The van der Waals surface area contributed by atoms with Crippen LogP contribution in [-0.4, -0.2) is 36.4 Å². The molecule has 0 fully saturated rings. The SMILES string of the molecule is COc1ncnc2c1nc(N)n2CCn1cccn1. The number of ether oxygens (including phenoxy) is 1. The molecule has 0 radical (unpaired) electrons. The number of methoxy groups -OCH3 is 1. The van der Waals surface area contributed by atoms with Crippen LogP contribution < -0.4 is 10.5 Å². The summed E-state index contributed by atoms with van der Waals surface area (Å²) in [5, 5.41) is 4.14. The highest BCUT2D eigenvalue weighted by Crippen LogP contribution is 2.22. The quantitative estimate of drug-likeness (QED) is 0.724. The van der Waals surface area contributed by atoms with Crippen LogP contribution in [0, 0.1) is 0 Å². The number of nitrogen functional groups attached to an aromatic ring is 1. The van der Waals surface area contributed by atoms with Gasteiger partial charge < -0.3 is 10.5 Å². The van der Waals surface area contributed by atoms with Crippen LogP contribution in [0.15, 0.2) is 24.8 Å². The highest BCUT2D eigenvalue weighted by Gasteiger charge is 2.14. The number of imidazole rings is 1. The van der Waals surface area contributed by atoms with Crippen LogP contribution in [0.2, 0.25) is 0 Å². The summed E-state index contributed by atoms with van der Waals surface area (Å²) in [6.45, 7) is 1.32. The molecule has 0 amide bonds. The van der Waals surface area contributed by atoms with Gasteiger partial charge in [-0.05, 0) is 6.07 Å². The van der Waals surface area contributed by atoms with E-state index in [0.29, 0.717) is 36.1 Å². The number of fused-ring (bicyclic) bond motifs is 1. The number of aryl methyl sites for hydroxylation is 2. The van der Waals surface area contributed by atoms with E-state index in [2.05, 4.69) is 20.1 Å². The molecule has 0 aromatic carbocycles. The molecule has 3 heterocycles. The summed E-state index contributed by atoms with van der Waals surface area (Å²) < 4.78 is 8.79. The molecule has 0 spiro atoms. The van der Waals surface area contributed by atoms with Gasteiger partial charge in [-0.25, -0.2) is 9.97 Å². The lowest BCUT2D eigenvalue weighted by Crippen LogP contribution is -2.10. The van der Waals surface area contributed by atoms with E-state index < -0.39 is 0 Å². The molecule has 0 aliphatic carbocycles. The molecule has 3 rings (SSSR count). The predicted molar refractivity (Wildman–Crippen MR) is 68.5 cm³/mol. The summed E-state index contributed by atoms with van der Waals surface area (Å²) in [5.74, 6) is 0.815. The van der Waals surface area contributed by atoms with Gasteiger partial charge >= 0.3 is 0 Å². The van der Waals surface area contributed by atoms with E-state index in [-0.39, 0.29) is 0 Å². The number of hydrogen-bond donors (Lipinski definition) is 1. The first kappa shape index (κ1) is 11.5. The second-order valence-corrected chi connectivity index (χ2v) is 3.95. The first-order valence-electron chi connectivity index (χ1n) is 5.77. The van der Waals surface area contributed by atoms with Gasteiger partial charge in [0.15, 0.2) is 11.2 Å². The molecule has 0 saturated heterocycles. The Bertz CT molecular complexity index is 688. The minimum atomic E-state index is 0.390. The number of rotatable bonds is 4. The van der Waals surface area contributed by atoms with Crippen molar-refractivity contribution >= 4 is 17.1 Å². The van der Waals surface area contributed by atoms with Crippen LogP contribution in [-0.2, 0) is 13.1 Å². The zero-order valence-corrected chi connectivity index (χ0v) is 10.4. The second-order valence-electron chi connectivity index (χ2n) is 3.95. The molecule has 0 saturated carbocycles. The molecule has 3 aromatic rings. The third kappa shape index (κ3) is 1.96. The average molecular weight is 259 g/mol. The van der Waals surface area contributed by atoms with Crippen molar-refractivity contribution in [3.8, 4) is 5.88 Å². The van der Waals surface area contributed by atoms with E-state index in [0.717, 1.165) is 0 Å². The lowest BCUT2D eigenvalue weighted by atomic mass is 10.5. The minimum Gasteiger partial charge on any atom is -0.479 e. The van der Waals surface area contributed by atoms with Gasteiger partial charge in [-0.2, -0.15) is 10.1 Å². The maximum Gasteiger partial charge on any atom is 0.245 e. The van der Waals surface area contributed by atoms with Gasteiger partial charge in [0.25, 0.3) is 0 Å². The third-order valence-corrected chi connectivity index (χ3v) is 2.83. The Hall–Kier alpha value is -2.64. The maximum atomic E-state index is 5.92. The normalized spacial score (nSPS) is 11.0. The Balaban J connectivity index is 1.96. The minimum absolute atomic E-state index is 0.390. The van der Waals surface area contributed by atoms with Crippen molar-refractivity contribution in [3.05, 3.63) is 24.8 Å². The average Bonchev–Trinajstić information content (AvgIpc) is 3.03. The summed E-state index contributed by atoms with van der Waals surface area (Å²) in [6, 6.07) is 1.88. The van der Waals surface area contributed by atoms with E-state index in [9.17, 15) is 0 Å². The fraction of sp³-hybridized carbons (Fsp3) is 0.273. The van der Waals surface area contributed by atoms with E-state index in [1.54, 1.807) is 13.3 Å². The van der Waals surface area contributed by atoms with Crippen LogP contribution in [0.25, 0.3) is 11.2 Å². The molecule has 3 aromatic heterocycles. The summed E-state index contributed by atoms with van der Waals surface area (Å²) >= 11 is 0. The van der Waals surface area contributed by atoms with Crippen LogP contribution in [0.1, 0.15) is 0 Å². The van der Waals surface area contributed by atoms with Crippen molar-refractivity contribution in [3.63, 3.8) is 0 Å². The van der Waals surface area contributed by atoms with Gasteiger partial charge in [0.1, 0.15) is 6.33 Å². The van der Waals surface area contributed by atoms with Gasteiger partial charge in [0.05, 0.1) is 13.7 Å². The topological polar surface area (TPSA) is 96.7 Å². The van der Waals surface area contributed by atoms with Crippen molar-refractivity contribution in [2.24, 2.45) is 0 Å². The number of nitrogens with two attached hydrogens (primary N) is 1. The molecule has 8 nitrogen and oxygen atoms in total. The molecule has 8 heteroatoms. The number of anilines is 1. The Morgan fingerprint density at radius 3 is 2.95 bits per heavy atom. The van der Waals surface area contributed by atoms with Crippen molar-refractivity contribution in [2.45, 2.75) is 13.1 Å². The van der Waals surface area contributed by atoms with E-state index in [1.807, 2.05) is 21.5 Å². The van der Waals surface area contributed by atoms with Gasteiger partial charge in [0.2, 0.25) is 11.8 Å². The lowest BCUT2D eigenvalue weighted by Gasteiger charge is -2.06. The second kappa shape index (κ2) is 4.56. The van der Waals surface area contributed by atoms with Gasteiger partial charge in [-0.3, -0.25) is 9.25 Å². The fourth-order valence-corrected chi connectivity index (χ4v) is 1.94. The summed E-state index contributed by atoms with van der Waals surface area (Å²) in [4.78, 5) is 12.5. The maximum absolute atomic E-state index is 5.92. The van der Waals surface area contributed by atoms with Crippen LogP contribution in [0.5, 0.6) is 5.88 Å². The van der Waals surface area contributed by atoms with Gasteiger partial charge in [0, 0.05) is 18.9 Å². The van der Waals surface area contributed by atoms with Crippen molar-refractivity contribution in [1.29, 1.82) is 0 Å². The van der Waals surface area contributed by atoms with Crippen molar-refractivity contribution in [2.75, 3.05) is 12.8 Å². The smallest absolute Gasteiger partial charge is 0.245 e. The Morgan fingerprint density at radius 2 is 2.21 bits per heavy atom. The van der Waals surface area contributed by atoms with Crippen LogP contribution >= 0.6 is 0 Å². The molecule has 98 valence electrons. The molecular weight excluding hydrogens is 246 g/mol. The number of nitrogens with zero attached hydrogens (tertiary/aromatic N) is 6. The molecule has 2 N–H and O–H groups in total. The van der Waals surface area contributed by atoms with Crippen LogP contribution in [0.3, 0.4) is 0 Å². The van der Waals surface area contributed by atoms with E-state index in [4.69, 9.17) is 10.5 Å². The Labute approximate surface area is 108 Å². The zero-order chi connectivity index (χ0) is 13.2. The highest BCUT2D eigenvalue weighted by molar-refractivity contribution is 5.78. The fourth-order valence-electron chi connectivity index (χ4n) is 1.94. The van der Waals surface area contributed by atoms with Gasteiger partial charge in [-0.15, -0.1) is 0 Å². The molecular formula is C11H13N7O. The Kier molecular flexibility index (Phi) is 2.75. The molecule has 0 aliphatic rings. The van der Waals surface area contributed by atoms with Crippen molar-refractivity contribution in [1.82, 2.24) is 29.3 Å². The summed E-state index contributed by atoms with van der Waals surface area (Å²) in [7, 11) is 1.54. The standard InChI is InChI=1S/C11H13N7O/c1-19-10-8-9(13-7-14-10)18(11(12)16-8)6-5-17-4-2-3-15-17/h2-4,7H,5-6H2,1H3,(H2,12,16). The van der Waals surface area contributed by atoms with E-state index >= 15 is 0 Å². The first-order chi connectivity index (χ1) is 9.29. The molecule has 0 unspecified atom stereocenters. The predicted octanol–water partition coefficient (Wildman–Crippen LogP) is 0.314. The third-order valence-electron chi connectivity index (χ3n) is 2.83. The largest absolute Gasteiger partial charge is 0.479 e. The zero-order valence-electron chi connectivity index (χ0n) is 10.4. The molecule has 0 atom stereocenters. The van der Waals surface area contributed by atoms with E-state index in [1.165, 1.54) is 6.33 Å². The first-order valence-corrected chi connectivity index (χ1v) is 5.77.